The summed E-state index contributed by atoms with van der Waals surface area (Å²) < 4.78 is 0. The third-order valence-corrected chi connectivity index (χ3v) is 2.34. The van der Waals surface area contributed by atoms with Crippen LogP contribution in [0.5, 0.6) is 0 Å². The molecule has 0 amide bonds. The quantitative estimate of drug-likeness (QED) is 0.648. The average molecular weight is 171 g/mol. The van der Waals surface area contributed by atoms with Crippen LogP contribution in [0.3, 0.4) is 0 Å². The van der Waals surface area contributed by atoms with Gasteiger partial charge in [-0.1, -0.05) is 37.3 Å². The van der Waals surface area contributed by atoms with Gasteiger partial charge in [0.05, 0.1) is 5.71 Å². The van der Waals surface area contributed by atoms with E-state index in [0.717, 1.165) is 12.8 Å². The second kappa shape index (κ2) is 3.56. The Morgan fingerprint density at radius 3 is 2.54 bits per heavy atom. The summed E-state index contributed by atoms with van der Waals surface area (Å²) >= 11 is 0. The molecule has 1 heteroatoms. The summed E-state index contributed by atoms with van der Waals surface area (Å²) in [4.78, 5) is 4.30. The summed E-state index contributed by atoms with van der Waals surface area (Å²) in [6.07, 6.45) is 6.04. The van der Waals surface area contributed by atoms with Crippen molar-refractivity contribution >= 4 is 5.71 Å². The summed E-state index contributed by atoms with van der Waals surface area (Å²) in [6, 6.07) is 8.67. The average Bonchev–Trinajstić information content (AvgIpc) is 2.71. The normalized spacial score (nSPS) is 14.7. The molecule has 0 N–H and O–H groups in total. The van der Waals surface area contributed by atoms with Crippen molar-refractivity contribution in [2.45, 2.75) is 19.8 Å². The Morgan fingerprint density at radius 1 is 1.23 bits per heavy atom. The second-order valence-electron chi connectivity index (χ2n) is 3.22. The number of nitrogens with zero attached hydrogens (tertiary/aromatic N) is 1. The predicted octanol–water partition coefficient (Wildman–Crippen LogP) is 2.96. The van der Waals surface area contributed by atoms with E-state index < -0.39 is 0 Å². The van der Waals surface area contributed by atoms with Crippen LogP contribution in [0.15, 0.2) is 41.5 Å². The Morgan fingerprint density at radius 2 is 2.00 bits per heavy atom. The fraction of sp³-hybridized carbons (Fsp3) is 0.250. The minimum atomic E-state index is 0.978. The van der Waals surface area contributed by atoms with Crippen LogP contribution in [-0.2, 0) is 6.42 Å². The predicted molar refractivity (Wildman–Crippen MR) is 56.1 cm³/mol. The third-order valence-electron chi connectivity index (χ3n) is 2.34. The van der Waals surface area contributed by atoms with Gasteiger partial charge in [0.15, 0.2) is 0 Å². The Kier molecular flexibility index (Phi) is 2.26. The molecule has 0 saturated carbocycles. The molecular weight excluding hydrogens is 158 g/mol. The smallest absolute Gasteiger partial charge is 0.0513 e. The summed E-state index contributed by atoms with van der Waals surface area (Å²) in [5.74, 6) is 0. The molecule has 0 radical (unpaired) electrons. The summed E-state index contributed by atoms with van der Waals surface area (Å²) in [6.45, 7) is 2.17. The lowest BCUT2D eigenvalue weighted by atomic mass is 10.1. The van der Waals surface area contributed by atoms with Gasteiger partial charge in [-0.25, -0.2) is 0 Å². The molecule has 2 rings (SSSR count). The maximum absolute atomic E-state index is 4.30. The first-order valence-electron chi connectivity index (χ1n) is 4.71. The lowest BCUT2D eigenvalue weighted by Gasteiger charge is -2.01. The third kappa shape index (κ3) is 1.69. The van der Waals surface area contributed by atoms with Gasteiger partial charge in [-0.3, -0.25) is 4.99 Å². The largest absolute Gasteiger partial charge is 0.261 e. The molecule has 0 unspecified atom stereocenters. The Balaban J connectivity index is 2.23. The van der Waals surface area contributed by atoms with Crippen molar-refractivity contribution in [3.8, 4) is 0 Å². The van der Waals surface area contributed by atoms with Crippen molar-refractivity contribution in [2.24, 2.45) is 4.99 Å². The van der Waals surface area contributed by atoms with Crippen LogP contribution in [0.1, 0.15) is 24.5 Å². The Bertz CT molecular complexity index is 344. The summed E-state index contributed by atoms with van der Waals surface area (Å²) in [5.41, 5.74) is 3.82. The number of benzene rings is 1. The van der Waals surface area contributed by atoms with Gasteiger partial charge in [-0.2, -0.15) is 0 Å². The fourth-order valence-corrected chi connectivity index (χ4v) is 1.48. The molecule has 66 valence electrons. The maximum Gasteiger partial charge on any atom is 0.0513 e. The highest BCUT2D eigenvalue weighted by Crippen LogP contribution is 2.12. The van der Waals surface area contributed by atoms with Crippen molar-refractivity contribution in [2.75, 3.05) is 0 Å². The van der Waals surface area contributed by atoms with Gasteiger partial charge in [-0.05, 0) is 17.5 Å². The van der Waals surface area contributed by atoms with Crippen LogP contribution in [0.2, 0.25) is 0 Å². The van der Waals surface area contributed by atoms with Crippen LogP contribution in [0.25, 0.3) is 0 Å². The molecule has 0 aliphatic carbocycles. The number of hydrogen-bond donors (Lipinski definition) is 0. The molecule has 0 bridgehead atoms. The van der Waals surface area contributed by atoms with Crippen molar-refractivity contribution in [3.05, 3.63) is 47.7 Å². The minimum absolute atomic E-state index is 0.978. The zero-order valence-corrected chi connectivity index (χ0v) is 7.83. The monoisotopic (exact) mass is 171 g/mol. The molecule has 13 heavy (non-hydrogen) atoms. The minimum Gasteiger partial charge on any atom is -0.261 e. The van der Waals surface area contributed by atoms with Gasteiger partial charge in [0, 0.05) is 12.6 Å². The molecule has 1 aromatic rings. The number of hydrogen-bond acceptors (Lipinski definition) is 1. The molecule has 0 fully saturated rings. The van der Waals surface area contributed by atoms with E-state index >= 15 is 0 Å². The highest BCUT2D eigenvalue weighted by atomic mass is 14.7. The highest BCUT2D eigenvalue weighted by molar-refractivity contribution is 6.02. The Labute approximate surface area is 78.8 Å². The SMILES string of the molecule is CCc1ccc(C2=NC=CC2)cc1. The first-order valence-corrected chi connectivity index (χ1v) is 4.71. The van der Waals surface area contributed by atoms with Gasteiger partial charge in [0.25, 0.3) is 0 Å². The maximum atomic E-state index is 4.30. The fourth-order valence-electron chi connectivity index (χ4n) is 1.48. The van der Waals surface area contributed by atoms with Gasteiger partial charge >= 0.3 is 0 Å². The lowest BCUT2D eigenvalue weighted by molar-refractivity contribution is 1.14. The van der Waals surface area contributed by atoms with Crippen LogP contribution in [-0.4, -0.2) is 5.71 Å². The molecule has 0 saturated heterocycles. The highest BCUT2D eigenvalue weighted by Gasteiger charge is 2.03. The van der Waals surface area contributed by atoms with E-state index in [1.54, 1.807) is 0 Å². The van der Waals surface area contributed by atoms with E-state index in [4.69, 9.17) is 0 Å². The van der Waals surface area contributed by atoms with E-state index in [2.05, 4.69) is 42.3 Å². The lowest BCUT2D eigenvalue weighted by Crippen LogP contribution is -1.95. The number of aryl methyl sites for hydroxylation is 1. The molecule has 0 spiro atoms. The molecular formula is C12H13N. The van der Waals surface area contributed by atoms with Crippen molar-refractivity contribution in [3.63, 3.8) is 0 Å². The number of aliphatic imine (C=N–C) groups is 1. The van der Waals surface area contributed by atoms with E-state index in [9.17, 15) is 0 Å². The van der Waals surface area contributed by atoms with Gasteiger partial charge in [0.1, 0.15) is 0 Å². The van der Waals surface area contributed by atoms with E-state index in [1.807, 2.05) is 6.20 Å². The molecule has 1 heterocycles. The molecule has 0 atom stereocenters. The molecule has 0 aromatic heterocycles. The topological polar surface area (TPSA) is 12.4 Å². The summed E-state index contributed by atoms with van der Waals surface area (Å²) in [5, 5.41) is 0. The van der Waals surface area contributed by atoms with Gasteiger partial charge in [0.2, 0.25) is 0 Å². The van der Waals surface area contributed by atoms with Crippen molar-refractivity contribution in [1.29, 1.82) is 0 Å². The van der Waals surface area contributed by atoms with Crippen LogP contribution >= 0.6 is 0 Å². The van der Waals surface area contributed by atoms with Crippen LogP contribution in [0, 0.1) is 0 Å². The van der Waals surface area contributed by atoms with Crippen LogP contribution in [0.4, 0.5) is 0 Å². The molecule has 1 aromatic carbocycles. The molecule has 1 aliphatic heterocycles. The number of allylic oxidation sites excluding steroid dienone is 1. The second-order valence-corrected chi connectivity index (χ2v) is 3.22. The first kappa shape index (κ1) is 8.24. The van der Waals surface area contributed by atoms with Crippen molar-refractivity contribution in [1.82, 2.24) is 0 Å². The van der Waals surface area contributed by atoms with Gasteiger partial charge in [-0.15, -0.1) is 0 Å². The van der Waals surface area contributed by atoms with Crippen molar-refractivity contribution < 1.29 is 0 Å². The van der Waals surface area contributed by atoms with E-state index in [-0.39, 0.29) is 0 Å². The van der Waals surface area contributed by atoms with E-state index in [0.29, 0.717) is 0 Å². The zero-order chi connectivity index (χ0) is 9.10. The summed E-state index contributed by atoms with van der Waals surface area (Å²) in [7, 11) is 0. The molecule has 1 aliphatic rings. The van der Waals surface area contributed by atoms with Crippen LogP contribution < -0.4 is 0 Å². The first-order chi connectivity index (χ1) is 6.40. The molecule has 1 nitrogen and oxygen atoms in total. The standard InChI is InChI=1S/C12H13N/c1-2-10-5-7-11(8-6-10)12-4-3-9-13-12/h3,5-9H,2,4H2,1H3. The van der Waals surface area contributed by atoms with E-state index in [1.165, 1.54) is 16.8 Å². The number of rotatable bonds is 2. The Hall–Kier alpha value is -1.37. The van der Waals surface area contributed by atoms with Gasteiger partial charge < -0.3 is 0 Å². The zero-order valence-electron chi connectivity index (χ0n) is 7.83.